The monoisotopic (exact) mass is 213 g/mol. The van der Waals surface area contributed by atoms with Crippen LogP contribution in [0.2, 0.25) is 0 Å². The first-order chi connectivity index (χ1) is 7.83. The summed E-state index contributed by atoms with van der Waals surface area (Å²) in [6.07, 6.45) is 2.74. The van der Waals surface area contributed by atoms with E-state index in [1.807, 2.05) is 0 Å². The third-order valence-electron chi connectivity index (χ3n) is 4.12. The molecule has 0 N–H and O–H groups in total. The molecule has 0 aromatic heterocycles. The van der Waals surface area contributed by atoms with Crippen molar-refractivity contribution in [3.63, 3.8) is 0 Å². The van der Waals surface area contributed by atoms with Crippen LogP contribution in [0.4, 0.5) is 0 Å². The van der Waals surface area contributed by atoms with E-state index in [2.05, 4.69) is 41.8 Å². The summed E-state index contributed by atoms with van der Waals surface area (Å²) in [5, 5.41) is 0. The summed E-state index contributed by atoms with van der Waals surface area (Å²) < 4.78 is 0. The first-order valence-corrected chi connectivity index (χ1v) is 6.28. The standard InChI is InChI=1S/C15H19N/c1-12-14-7-8-15(12)11-16(10-14)9-13-5-3-2-4-6-13/h2-6,14-15H,1,7-11H2. The molecule has 1 heteroatoms. The second kappa shape index (κ2) is 4.06. The SMILES string of the molecule is C=C1C2CCC1CN(Cc1ccccc1)C2. The van der Waals surface area contributed by atoms with Crippen molar-refractivity contribution in [3.8, 4) is 0 Å². The normalized spacial score (nSPS) is 29.6. The quantitative estimate of drug-likeness (QED) is 0.682. The van der Waals surface area contributed by atoms with Crippen LogP contribution in [-0.4, -0.2) is 18.0 Å². The molecule has 84 valence electrons. The fourth-order valence-corrected chi connectivity index (χ4v) is 3.19. The van der Waals surface area contributed by atoms with Crippen LogP contribution in [0.1, 0.15) is 18.4 Å². The predicted octanol–water partition coefficient (Wildman–Crippen LogP) is 3.08. The maximum atomic E-state index is 4.25. The van der Waals surface area contributed by atoms with Gasteiger partial charge in [-0.25, -0.2) is 0 Å². The van der Waals surface area contributed by atoms with E-state index >= 15 is 0 Å². The van der Waals surface area contributed by atoms with Gasteiger partial charge in [-0.1, -0.05) is 42.5 Å². The van der Waals surface area contributed by atoms with Gasteiger partial charge in [0.05, 0.1) is 0 Å². The van der Waals surface area contributed by atoms with Crippen molar-refractivity contribution >= 4 is 0 Å². The number of benzene rings is 1. The predicted molar refractivity (Wildman–Crippen MR) is 67.1 cm³/mol. The van der Waals surface area contributed by atoms with E-state index in [0.717, 1.165) is 18.4 Å². The van der Waals surface area contributed by atoms with Crippen LogP contribution in [0, 0.1) is 11.8 Å². The molecule has 2 fully saturated rings. The Morgan fingerprint density at radius 3 is 2.31 bits per heavy atom. The number of nitrogens with zero attached hydrogens (tertiary/aromatic N) is 1. The Labute approximate surface area is 97.8 Å². The lowest BCUT2D eigenvalue weighted by Crippen LogP contribution is -2.37. The van der Waals surface area contributed by atoms with Gasteiger partial charge in [-0.05, 0) is 30.2 Å². The van der Waals surface area contributed by atoms with Crippen LogP contribution >= 0.6 is 0 Å². The van der Waals surface area contributed by atoms with Crippen molar-refractivity contribution in [3.05, 3.63) is 48.0 Å². The molecule has 2 bridgehead atoms. The van der Waals surface area contributed by atoms with Crippen LogP contribution in [0.15, 0.2) is 42.5 Å². The zero-order valence-electron chi connectivity index (χ0n) is 9.73. The Hall–Kier alpha value is -1.08. The summed E-state index contributed by atoms with van der Waals surface area (Å²) in [5.74, 6) is 1.56. The highest BCUT2D eigenvalue weighted by molar-refractivity contribution is 5.18. The summed E-state index contributed by atoms with van der Waals surface area (Å²) in [5.41, 5.74) is 2.97. The second-order valence-corrected chi connectivity index (χ2v) is 5.23. The molecular weight excluding hydrogens is 194 g/mol. The van der Waals surface area contributed by atoms with Crippen molar-refractivity contribution in [1.82, 2.24) is 4.90 Å². The fourth-order valence-electron chi connectivity index (χ4n) is 3.19. The highest BCUT2D eigenvalue weighted by atomic mass is 15.1. The van der Waals surface area contributed by atoms with Gasteiger partial charge in [0.1, 0.15) is 0 Å². The van der Waals surface area contributed by atoms with E-state index in [9.17, 15) is 0 Å². The average Bonchev–Trinajstić information content (AvgIpc) is 2.54. The Bertz CT molecular complexity index is 366. The molecule has 0 spiro atoms. The maximum absolute atomic E-state index is 4.25. The summed E-state index contributed by atoms with van der Waals surface area (Å²) in [4.78, 5) is 2.60. The van der Waals surface area contributed by atoms with Crippen molar-refractivity contribution in [2.24, 2.45) is 11.8 Å². The third kappa shape index (κ3) is 1.80. The molecule has 1 aliphatic carbocycles. The van der Waals surface area contributed by atoms with E-state index in [0.29, 0.717) is 0 Å². The van der Waals surface area contributed by atoms with Gasteiger partial charge < -0.3 is 0 Å². The van der Waals surface area contributed by atoms with Crippen LogP contribution < -0.4 is 0 Å². The van der Waals surface area contributed by atoms with Crippen molar-refractivity contribution in [2.45, 2.75) is 19.4 Å². The minimum absolute atomic E-state index is 0.780. The van der Waals surface area contributed by atoms with Crippen LogP contribution in [-0.2, 0) is 6.54 Å². The Balaban J connectivity index is 1.68. The summed E-state index contributed by atoms with van der Waals surface area (Å²) >= 11 is 0. The van der Waals surface area contributed by atoms with Gasteiger partial charge in [-0.15, -0.1) is 0 Å². The van der Waals surface area contributed by atoms with Crippen molar-refractivity contribution in [1.29, 1.82) is 0 Å². The average molecular weight is 213 g/mol. The molecule has 2 aliphatic rings. The minimum Gasteiger partial charge on any atom is -0.298 e. The molecular formula is C15H19N. The molecule has 1 saturated heterocycles. The number of rotatable bonds is 2. The van der Waals surface area contributed by atoms with E-state index < -0.39 is 0 Å². The van der Waals surface area contributed by atoms with Gasteiger partial charge >= 0.3 is 0 Å². The molecule has 1 saturated carbocycles. The van der Waals surface area contributed by atoms with Crippen LogP contribution in [0.25, 0.3) is 0 Å². The van der Waals surface area contributed by atoms with Crippen molar-refractivity contribution < 1.29 is 0 Å². The smallest absolute Gasteiger partial charge is 0.0234 e. The first-order valence-electron chi connectivity index (χ1n) is 6.28. The van der Waals surface area contributed by atoms with Gasteiger partial charge in [-0.3, -0.25) is 4.90 Å². The molecule has 1 aromatic rings. The van der Waals surface area contributed by atoms with Gasteiger partial charge in [0.2, 0.25) is 0 Å². The zero-order valence-corrected chi connectivity index (χ0v) is 9.73. The van der Waals surface area contributed by atoms with Gasteiger partial charge in [0, 0.05) is 19.6 Å². The third-order valence-corrected chi connectivity index (χ3v) is 4.12. The molecule has 0 amide bonds. The molecule has 2 unspecified atom stereocenters. The van der Waals surface area contributed by atoms with E-state index in [-0.39, 0.29) is 0 Å². The molecule has 1 heterocycles. The zero-order chi connectivity index (χ0) is 11.0. The minimum atomic E-state index is 0.780. The largest absolute Gasteiger partial charge is 0.298 e. The topological polar surface area (TPSA) is 3.24 Å². The van der Waals surface area contributed by atoms with Gasteiger partial charge in [0.15, 0.2) is 0 Å². The molecule has 3 rings (SSSR count). The van der Waals surface area contributed by atoms with E-state index in [4.69, 9.17) is 0 Å². The molecule has 2 atom stereocenters. The Morgan fingerprint density at radius 2 is 1.69 bits per heavy atom. The van der Waals surface area contributed by atoms with Crippen molar-refractivity contribution in [2.75, 3.05) is 13.1 Å². The highest BCUT2D eigenvalue weighted by Crippen LogP contribution is 2.40. The lowest BCUT2D eigenvalue weighted by molar-refractivity contribution is 0.201. The highest BCUT2D eigenvalue weighted by Gasteiger charge is 2.35. The molecule has 1 aromatic carbocycles. The molecule has 0 radical (unpaired) electrons. The Morgan fingerprint density at radius 1 is 1.06 bits per heavy atom. The number of hydrogen-bond acceptors (Lipinski definition) is 1. The number of hydrogen-bond donors (Lipinski definition) is 0. The lowest BCUT2D eigenvalue weighted by atomic mass is 9.93. The van der Waals surface area contributed by atoms with Crippen LogP contribution in [0.3, 0.4) is 0 Å². The van der Waals surface area contributed by atoms with Gasteiger partial charge in [0.25, 0.3) is 0 Å². The first kappa shape index (κ1) is 10.1. The van der Waals surface area contributed by atoms with Gasteiger partial charge in [-0.2, -0.15) is 0 Å². The Kier molecular flexibility index (Phi) is 2.56. The summed E-state index contributed by atoms with van der Waals surface area (Å²) in [6.45, 7) is 7.82. The van der Waals surface area contributed by atoms with E-state index in [1.165, 1.54) is 37.1 Å². The number of likely N-dealkylation sites (tertiary alicyclic amines) is 1. The molecule has 1 aliphatic heterocycles. The maximum Gasteiger partial charge on any atom is 0.0234 e. The second-order valence-electron chi connectivity index (χ2n) is 5.23. The van der Waals surface area contributed by atoms with Crippen LogP contribution in [0.5, 0.6) is 0 Å². The summed E-state index contributed by atoms with van der Waals surface area (Å²) in [7, 11) is 0. The molecule has 1 nitrogen and oxygen atoms in total. The molecule has 16 heavy (non-hydrogen) atoms. The fraction of sp³-hybridized carbons (Fsp3) is 0.467. The van der Waals surface area contributed by atoms with E-state index in [1.54, 1.807) is 0 Å². The summed E-state index contributed by atoms with van der Waals surface area (Å²) in [6, 6.07) is 10.8. The number of fused-ring (bicyclic) bond motifs is 2. The number of piperidine rings is 1. The lowest BCUT2D eigenvalue weighted by Gasteiger charge is -2.33.